The van der Waals surface area contributed by atoms with Crippen molar-refractivity contribution in [1.29, 1.82) is 0 Å². The zero-order chi connectivity index (χ0) is 13.9. The van der Waals surface area contributed by atoms with Gasteiger partial charge in [-0.3, -0.25) is 0 Å². The molecule has 0 atom stereocenters. The van der Waals surface area contributed by atoms with Gasteiger partial charge in [-0.25, -0.2) is 0 Å². The molecule has 0 aromatic heterocycles. The van der Waals surface area contributed by atoms with Crippen molar-refractivity contribution in [2.75, 3.05) is 6.54 Å². The minimum Gasteiger partial charge on any atom is -0.314 e. The minimum atomic E-state index is 0.276. The molecule has 1 saturated carbocycles. The van der Waals surface area contributed by atoms with Crippen molar-refractivity contribution in [3.8, 4) is 0 Å². The largest absolute Gasteiger partial charge is 0.314 e. The van der Waals surface area contributed by atoms with Crippen molar-refractivity contribution in [3.63, 3.8) is 0 Å². The molecule has 0 bridgehead atoms. The van der Waals surface area contributed by atoms with Crippen LogP contribution in [0.15, 0.2) is 24.3 Å². The third-order valence-corrected chi connectivity index (χ3v) is 4.14. The first-order valence-electron chi connectivity index (χ1n) is 7.80. The molecule has 0 aliphatic heterocycles. The maximum absolute atomic E-state index is 3.62. The Morgan fingerprint density at radius 2 is 1.79 bits per heavy atom. The van der Waals surface area contributed by atoms with Crippen LogP contribution in [0.3, 0.4) is 0 Å². The Kier molecular flexibility index (Phi) is 4.67. The van der Waals surface area contributed by atoms with Crippen LogP contribution in [0.25, 0.3) is 0 Å². The summed E-state index contributed by atoms with van der Waals surface area (Å²) >= 11 is 0. The summed E-state index contributed by atoms with van der Waals surface area (Å²) in [7, 11) is 0. The molecule has 1 aromatic rings. The molecule has 2 rings (SSSR count). The number of rotatable bonds is 7. The third kappa shape index (κ3) is 4.65. The molecule has 0 amide bonds. The van der Waals surface area contributed by atoms with Gasteiger partial charge in [0.2, 0.25) is 0 Å². The highest BCUT2D eigenvalue weighted by Gasteiger charge is 2.23. The van der Waals surface area contributed by atoms with Crippen molar-refractivity contribution in [2.24, 2.45) is 5.92 Å². The quantitative estimate of drug-likeness (QED) is 0.769. The van der Waals surface area contributed by atoms with Crippen LogP contribution in [-0.2, 0) is 11.8 Å². The van der Waals surface area contributed by atoms with Gasteiger partial charge in [0, 0.05) is 6.04 Å². The second-order valence-electron chi connectivity index (χ2n) is 7.16. The fourth-order valence-corrected chi connectivity index (χ4v) is 2.58. The summed E-state index contributed by atoms with van der Waals surface area (Å²) in [6.45, 7) is 10.4. The molecule has 1 aromatic carbocycles. The van der Waals surface area contributed by atoms with Crippen molar-refractivity contribution in [2.45, 2.75) is 64.8 Å². The first-order chi connectivity index (χ1) is 8.97. The van der Waals surface area contributed by atoms with Crippen LogP contribution in [0.1, 0.15) is 58.1 Å². The predicted molar refractivity (Wildman–Crippen MR) is 83.7 cm³/mol. The van der Waals surface area contributed by atoms with Crippen LogP contribution < -0.4 is 5.32 Å². The minimum absolute atomic E-state index is 0.276. The SMILES string of the molecule is CC(C)Cc1ccc(C(C)(C)CCNC2CC2)cc1. The van der Waals surface area contributed by atoms with Crippen LogP contribution in [0, 0.1) is 5.92 Å². The Bertz CT molecular complexity index is 385. The summed E-state index contributed by atoms with van der Waals surface area (Å²) in [4.78, 5) is 0. The smallest absolute Gasteiger partial charge is 0.00682 e. The second-order valence-corrected chi connectivity index (χ2v) is 7.16. The summed E-state index contributed by atoms with van der Waals surface area (Å²) in [5, 5.41) is 3.62. The van der Waals surface area contributed by atoms with E-state index in [-0.39, 0.29) is 5.41 Å². The van der Waals surface area contributed by atoms with Gasteiger partial charge >= 0.3 is 0 Å². The molecule has 1 N–H and O–H groups in total. The lowest BCUT2D eigenvalue weighted by molar-refractivity contribution is 0.456. The van der Waals surface area contributed by atoms with E-state index in [2.05, 4.69) is 57.3 Å². The molecule has 1 fully saturated rings. The second kappa shape index (κ2) is 6.09. The van der Waals surface area contributed by atoms with Crippen LogP contribution in [-0.4, -0.2) is 12.6 Å². The molecule has 1 aliphatic carbocycles. The van der Waals surface area contributed by atoms with Gasteiger partial charge in [0.25, 0.3) is 0 Å². The van der Waals surface area contributed by atoms with Gasteiger partial charge in [0.15, 0.2) is 0 Å². The van der Waals surface area contributed by atoms with Crippen LogP contribution >= 0.6 is 0 Å². The Morgan fingerprint density at radius 3 is 2.32 bits per heavy atom. The molecule has 19 heavy (non-hydrogen) atoms. The first-order valence-corrected chi connectivity index (χ1v) is 7.80. The highest BCUT2D eigenvalue weighted by molar-refractivity contribution is 5.28. The van der Waals surface area contributed by atoms with E-state index in [0.717, 1.165) is 18.5 Å². The fourth-order valence-electron chi connectivity index (χ4n) is 2.58. The van der Waals surface area contributed by atoms with E-state index in [4.69, 9.17) is 0 Å². The lowest BCUT2D eigenvalue weighted by Gasteiger charge is -2.26. The molecule has 1 nitrogen and oxygen atoms in total. The molecule has 1 heteroatoms. The highest BCUT2D eigenvalue weighted by atomic mass is 14.9. The van der Waals surface area contributed by atoms with Gasteiger partial charge in [-0.15, -0.1) is 0 Å². The van der Waals surface area contributed by atoms with Gasteiger partial charge in [0.1, 0.15) is 0 Å². The summed E-state index contributed by atoms with van der Waals surface area (Å²) in [5.41, 5.74) is 3.21. The first kappa shape index (κ1) is 14.6. The lowest BCUT2D eigenvalue weighted by Crippen LogP contribution is -2.26. The molecule has 106 valence electrons. The normalized spacial score (nSPS) is 16.1. The summed E-state index contributed by atoms with van der Waals surface area (Å²) < 4.78 is 0. The van der Waals surface area contributed by atoms with E-state index < -0.39 is 0 Å². The van der Waals surface area contributed by atoms with Crippen LogP contribution in [0.5, 0.6) is 0 Å². The third-order valence-electron chi connectivity index (χ3n) is 4.14. The molecule has 0 saturated heterocycles. The number of nitrogens with one attached hydrogen (secondary N) is 1. The van der Waals surface area contributed by atoms with E-state index in [0.29, 0.717) is 0 Å². The van der Waals surface area contributed by atoms with E-state index >= 15 is 0 Å². The van der Waals surface area contributed by atoms with Gasteiger partial charge < -0.3 is 5.32 Å². The number of hydrogen-bond donors (Lipinski definition) is 1. The molecule has 1 aliphatic rings. The van der Waals surface area contributed by atoms with Crippen molar-refractivity contribution >= 4 is 0 Å². The van der Waals surface area contributed by atoms with Gasteiger partial charge in [0.05, 0.1) is 0 Å². The molecule has 0 spiro atoms. The summed E-state index contributed by atoms with van der Waals surface area (Å²) in [5.74, 6) is 0.738. The summed E-state index contributed by atoms with van der Waals surface area (Å²) in [6, 6.07) is 10.1. The molecule has 0 heterocycles. The summed E-state index contributed by atoms with van der Waals surface area (Å²) in [6.07, 6.45) is 5.16. The zero-order valence-corrected chi connectivity index (χ0v) is 13.0. The standard InChI is InChI=1S/C18H29N/c1-14(2)13-15-5-7-16(8-6-15)18(3,4)11-12-19-17-9-10-17/h5-8,14,17,19H,9-13H2,1-4H3. The molecular formula is C18H29N. The Labute approximate surface area is 118 Å². The van der Waals surface area contributed by atoms with Crippen molar-refractivity contribution in [1.82, 2.24) is 5.32 Å². The van der Waals surface area contributed by atoms with Gasteiger partial charge in [-0.05, 0) is 54.7 Å². The average Bonchev–Trinajstić information content (AvgIpc) is 3.13. The Balaban J connectivity index is 1.90. The topological polar surface area (TPSA) is 12.0 Å². The maximum Gasteiger partial charge on any atom is 0.00682 e. The van der Waals surface area contributed by atoms with E-state index in [1.165, 1.54) is 36.8 Å². The van der Waals surface area contributed by atoms with Crippen LogP contribution in [0.2, 0.25) is 0 Å². The maximum atomic E-state index is 3.62. The Morgan fingerprint density at radius 1 is 1.16 bits per heavy atom. The average molecular weight is 259 g/mol. The van der Waals surface area contributed by atoms with Gasteiger partial charge in [-0.1, -0.05) is 52.0 Å². The zero-order valence-electron chi connectivity index (χ0n) is 13.0. The van der Waals surface area contributed by atoms with E-state index in [1.807, 2.05) is 0 Å². The van der Waals surface area contributed by atoms with Crippen LogP contribution in [0.4, 0.5) is 0 Å². The highest BCUT2D eigenvalue weighted by Crippen LogP contribution is 2.28. The molecule has 0 unspecified atom stereocenters. The Hall–Kier alpha value is -0.820. The molecule has 0 radical (unpaired) electrons. The molecular weight excluding hydrogens is 230 g/mol. The number of benzene rings is 1. The predicted octanol–water partition coefficient (Wildman–Crippen LogP) is 4.30. The van der Waals surface area contributed by atoms with Crippen molar-refractivity contribution in [3.05, 3.63) is 35.4 Å². The van der Waals surface area contributed by atoms with Crippen molar-refractivity contribution < 1.29 is 0 Å². The van der Waals surface area contributed by atoms with Gasteiger partial charge in [-0.2, -0.15) is 0 Å². The van der Waals surface area contributed by atoms with E-state index in [9.17, 15) is 0 Å². The monoisotopic (exact) mass is 259 g/mol. The fraction of sp³-hybridized carbons (Fsp3) is 0.667. The lowest BCUT2D eigenvalue weighted by atomic mass is 9.81. The van der Waals surface area contributed by atoms with E-state index in [1.54, 1.807) is 0 Å². The number of hydrogen-bond acceptors (Lipinski definition) is 1.